The van der Waals surface area contributed by atoms with Gasteiger partial charge in [0.05, 0.1) is 13.2 Å². The van der Waals surface area contributed by atoms with Gasteiger partial charge in [0.25, 0.3) is 0 Å². The van der Waals surface area contributed by atoms with Crippen molar-refractivity contribution >= 4 is 26.5 Å². The van der Waals surface area contributed by atoms with Gasteiger partial charge in [-0.2, -0.15) is 0 Å². The largest absolute Gasteiger partial charge is 0.480 e. The van der Waals surface area contributed by atoms with Gasteiger partial charge in [-0.25, -0.2) is 9.59 Å². The van der Waals surface area contributed by atoms with Crippen molar-refractivity contribution in [2.75, 3.05) is 7.11 Å². The number of carboxylic acid groups (broad SMARTS) is 1. The van der Waals surface area contributed by atoms with Crippen LogP contribution < -0.4 is 0 Å². The lowest BCUT2D eigenvalue weighted by Crippen LogP contribution is -2.47. The summed E-state index contributed by atoms with van der Waals surface area (Å²) in [5, 5.41) is 9.17. The van der Waals surface area contributed by atoms with Crippen molar-refractivity contribution in [3.8, 4) is 0 Å². The van der Waals surface area contributed by atoms with Crippen molar-refractivity contribution in [2.24, 2.45) is 4.99 Å². The maximum Gasteiger partial charge on any atom is 0.348 e. The number of nitrogens with zero attached hydrogens (tertiary/aromatic N) is 1. The van der Waals surface area contributed by atoms with E-state index < -0.39 is 32.4 Å². The molecule has 0 aliphatic carbocycles. The van der Waals surface area contributed by atoms with E-state index in [1.807, 2.05) is 13.1 Å². The molecular formula is C13H25NO5Si. The number of esters is 1. The van der Waals surface area contributed by atoms with Crippen molar-refractivity contribution in [1.82, 2.24) is 0 Å². The first-order valence-electron chi connectivity index (χ1n) is 6.44. The molecule has 20 heavy (non-hydrogen) atoms. The summed E-state index contributed by atoms with van der Waals surface area (Å²) in [7, 11) is -0.887. The fourth-order valence-electron chi connectivity index (χ4n) is 1.29. The second-order valence-electron chi connectivity index (χ2n) is 6.17. The minimum atomic E-state index is -2.09. The van der Waals surface area contributed by atoms with Gasteiger partial charge in [-0.3, -0.25) is 4.99 Å². The summed E-state index contributed by atoms with van der Waals surface area (Å²) in [6.07, 6.45) is 0.263. The van der Waals surface area contributed by atoms with Gasteiger partial charge in [0.2, 0.25) is 0 Å². The molecule has 2 atom stereocenters. The van der Waals surface area contributed by atoms with E-state index in [1.165, 1.54) is 7.11 Å². The maximum atomic E-state index is 11.2. The van der Waals surface area contributed by atoms with Crippen molar-refractivity contribution < 1.29 is 23.9 Å². The molecule has 0 aromatic rings. The molecular weight excluding hydrogens is 278 g/mol. The van der Waals surface area contributed by atoms with Gasteiger partial charge in [0, 0.05) is 0 Å². The first-order chi connectivity index (χ1) is 8.92. The van der Waals surface area contributed by atoms with Gasteiger partial charge in [-0.15, -0.1) is 0 Å². The number of hydrogen-bond acceptors (Lipinski definition) is 5. The molecule has 0 aromatic carbocycles. The molecule has 7 heteroatoms. The topological polar surface area (TPSA) is 85.2 Å². The van der Waals surface area contributed by atoms with Crippen LogP contribution in [0.4, 0.5) is 0 Å². The lowest BCUT2D eigenvalue weighted by atomic mass is 10.2. The predicted octanol–water partition coefficient (Wildman–Crippen LogP) is 2.09. The average molecular weight is 303 g/mol. The lowest BCUT2D eigenvalue weighted by Gasteiger charge is -2.39. The number of carbonyl (C=O) groups excluding carboxylic acids is 1. The number of aliphatic imine (C=N–C) groups is 1. The number of carbonyl (C=O) groups is 2. The van der Waals surface area contributed by atoms with E-state index in [0.29, 0.717) is 0 Å². The highest BCUT2D eigenvalue weighted by molar-refractivity contribution is 6.74. The van der Waals surface area contributed by atoms with Crippen molar-refractivity contribution in [3.63, 3.8) is 0 Å². The van der Waals surface area contributed by atoms with E-state index in [0.717, 1.165) is 6.21 Å². The molecule has 0 saturated heterocycles. The highest BCUT2D eigenvalue weighted by Gasteiger charge is 2.40. The molecule has 0 heterocycles. The summed E-state index contributed by atoms with van der Waals surface area (Å²) in [6, 6.07) is -1.12. The third-order valence-electron chi connectivity index (χ3n) is 3.53. The zero-order valence-electron chi connectivity index (χ0n) is 13.3. The van der Waals surface area contributed by atoms with Crippen LogP contribution in [-0.4, -0.2) is 50.8 Å². The first-order valence-corrected chi connectivity index (χ1v) is 9.35. The summed E-state index contributed by atoms with van der Waals surface area (Å²) in [4.78, 5) is 26.0. The Morgan fingerprint density at radius 3 is 2.15 bits per heavy atom. The van der Waals surface area contributed by atoms with Crippen LogP contribution in [0.5, 0.6) is 0 Å². The van der Waals surface area contributed by atoms with Crippen LogP contribution >= 0.6 is 0 Å². The molecule has 0 bridgehead atoms. The third-order valence-corrected chi connectivity index (χ3v) is 8.10. The van der Waals surface area contributed by atoms with E-state index in [9.17, 15) is 14.7 Å². The Bertz CT molecular complexity index is 387. The molecule has 0 fully saturated rings. The Hall–Kier alpha value is -1.21. The second kappa shape index (κ2) is 6.99. The average Bonchev–Trinajstić information content (AvgIpc) is 2.26. The number of hydrogen-bond donors (Lipinski definition) is 1. The van der Waals surface area contributed by atoms with E-state index in [2.05, 4.69) is 30.5 Å². The summed E-state index contributed by atoms with van der Waals surface area (Å²) >= 11 is 0. The summed E-state index contributed by atoms with van der Waals surface area (Å²) in [5.74, 6) is -1.81. The van der Waals surface area contributed by atoms with Crippen LogP contribution in [0.2, 0.25) is 18.1 Å². The molecule has 0 aliphatic heterocycles. The molecule has 0 spiro atoms. The quantitative estimate of drug-likeness (QED) is 0.461. The zero-order chi connectivity index (χ0) is 16.1. The highest BCUT2D eigenvalue weighted by Crippen LogP contribution is 2.37. The summed E-state index contributed by atoms with van der Waals surface area (Å²) < 4.78 is 10.4. The molecule has 0 aromatic heterocycles. The van der Waals surface area contributed by atoms with E-state index in [-0.39, 0.29) is 5.04 Å². The fourth-order valence-corrected chi connectivity index (χ4v) is 2.70. The second-order valence-corrected chi connectivity index (χ2v) is 10.9. The first kappa shape index (κ1) is 18.8. The number of rotatable bonds is 6. The van der Waals surface area contributed by atoms with E-state index >= 15 is 0 Å². The Morgan fingerprint density at radius 1 is 1.30 bits per heavy atom. The SMILES string of the molecule is COC(=O)C=N[C@H](C(=O)O)[C@@H](C)O[Si](C)(C)C(C)(C)C. The number of aliphatic carboxylic acids is 1. The minimum Gasteiger partial charge on any atom is -0.480 e. The summed E-state index contributed by atoms with van der Waals surface area (Å²) in [6.45, 7) is 11.9. The van der Waals surface area contributed by atoms with Crippen LogP contribution in [0.3, 0.4) is 0 Å². The van der Waals surface area contributed by atoms with Crippen molar-refractivity contribution in [1.29, 1.82) is 0 Å². The normalized spacial score (nSPS) is 15.9. The summed E-state index contributed by atoms with van der Waals surface area (Å²) in [5.41, 5.74) is 0. The van der Waals surface area contributed by atoms with Crippen LogP contribution in [-0.2, 0) is 18.8 Å². The van der Waals surface area contributed by atoms with Crippen LogP contribution in [0.15, 0.2) is 4.99 Å². The maximum absolute atomic E-state index is 11.2. The van der Waals surface area contributed by atoms with Crippen LogP contribution in [0, 0.1) is 0 Å². The minimum absolute atomic E-state index is 0.0314. The lowest BCUT2D eigenvalue weighted by molar-refractivity contribution is -0.140. The van der Waals surface area contributed by atoms with E-state index in [1.54, 1.807) is 6.92 Å². The predicted molar refractivity (Wildman–Crippen MR) is 79.7 cm³/mol. The number of carboxylic acids is 1. The van der Waals surface area contributed by atoms with Gasteiger partial charge in [-0.1, -0.05) is 20.8 Å². The van der Waals surface area contributed by atoms with Gasteiger partial charge in [0.15, 0.2) is 14.4 Å². The van der Waals surface area contributed by atoms with Crippen molar-refractivity contribution in [3.05, 3.63) is 0 Å². The zero-order valence-corrected chi connectivity index (χ0v) is 14.3. The number of methoxy groups -OCH3 is 1. The molecule has 0 radical (unpaired) electrons. The molecule has 0 aliphatic rings. The molecule has 116 valence electrons. The molecule has 0 saturated carbocycles. The highest BCUT2D eigenvalue weighted by atomic mass is 28.4. The fraction of sp³-hybridized carbons (Fsp3) is 0.769. The Kier molecular flexibility index (Phi) is 6.56. The van der Waals surface area contributed by atoms with E-state index in [4.69, 9.17) is 4.43 Å². The monoisotopic (exact) mass is 303 g/mol. The molecule has 0 rings (SSSR count). The van der Waals surface area contributed by atoms with Gasteiger partial charge in [-0.05, 0) is 25.1 Å². The number of ether oxygens (including phenoxy) is 1. The molecule has 1 N–H and O–H groups in total. The Morgan fingerprint density at radius 2 is 1.80 bits per heavy atom. The van der Waals surface area contributed by atoms with Gasteiger partial charge < -0.3 is 14.3 Å². The molecule has 0 unspecified atom stereocenters. The van der Waals surface area contributed by atoms with Gasteiger partial charge in [0.1, 0.15) is 6.21 Å². The standard InChI is InChI=1S/C13H25NO5Si/c1-9(19-20(6,7)13(2,3)4)11(12(16)17)14-8-10(15)18-5/h8-9,11H,1-7H3,(H,16,17)/t9-,11+/m1/s1. The Labute approximate surface area is 121 Å². The molecule has 0 amide bonds. The van der Waals surface area contributed by atoms with Gasteiger partial charge >= 0.3 is 11.9 Å². The molecule has 6 nitrogen and oxygen atoms in total. The van der Waals surface area contributed by atoms with Crippen molar-refractivity contribution in [2.45, 2.75) is 58.0 Å². The van der Waals surface area contributed by atoms with Crippen LogP contribution in [0.25, 0.3) is 0 Å². The smallest absolute Gasteiger partial charge is 0.348 e. The third kappa shape index (κ3) is 5.42. The van der Waals surface area contributed by atoms with Crippen LogP contribution in [0.1, 0.15) is 27.7 Å². The Balaban J connectivity index is 5.01.